The summed E-state index contributed by atoms with van der Waals surface area (Å²) in [4.78, 5) is 7.95. The van der Waals surface area contributed by atoms with Gasteiger partial charge in [-0.2, -0.15) is 0 Å². The van der Waals surface area contributed by atoms with Gasteiger partial charge in [-0.1, -0.05) is 37.6 Å². The molecule has 1 atom stereocenters. The van der Waals surface area contributed by atoms with Crippen LogP contribution in [0, 0.1) is 5.92 Å². The lowest BCUT2D eigenvalue weighted by molar-refractivity contribution is 0.0311. The van der Waals surface area contributed by atoms with Gasteiger partial charge >= 0.3 is 0 Å². The highest BCUT2D eigenvalue weighted by Gasteiger charge is 2.35. The first-order chi connectivity index (χ1) is 8.55. The van der Waals surface area contributed by atoms with Gasteiger partial charge in [0.1, 0.15) is 11.9 Å². The molecule has 1 N–H and O–H groups in total. The predicted octanol–water partition coefficient (Wildman–Crippen LogP) is 3.02. The summed E-state index contributed by atoms with van der Waals surface area (Å²) in [6.45, 7) is 3.90. The number of halogens is 1. The number of benzene rings is 1. The average molecular weight is 263 g/mol. The third-order valence-electron chi connectivity index (χ3n) is 3.10. The minimum atomic E-state index is -1.13. The Morgan fingerprint density at radius 1 is 1.17 bits per heavy atom. The Bertz CT molecular complexity index is 530. The molecule has 0 spiro atoms. The van der Waals surface area contributed by atoms with Gasteiger partial charge in [0, 0.05) is 23.0 Å². The molecular weight excluding hydrogens is 248 g/mol. The molecule has 0 amide bonds. The monoisotopic (exact) mass is 262 g/mol. The smallest absolute Gasteiger partial charge is 0.120 e. The van der Waals surface area contributed by atoms with E-state index in [9.17, 15) is 5.11 Å². The van der Waals surface area contributed by atoms with E-state index < -0.39 is 5.60 Å². The van der Waals surface area contributed by atoms with Gasteiger partial charge in [0.2, 0.25) is 0 Å². The normalized spacial score (nSPS) is 14.5. The molecule has 0 fully saturated rings. The van der Waals surface area contributed by atoms with Crippen LogP contribution in [-0.4, -0.2) is 15.1 Å². The fraction of sp³-hybridized carbons (Fsp3) is 0.286. The zero-order chi connectivity index (χ0) is 13.2. The van der Waals surface area contributed by atoms with Gasteiger partial charge in [-0.15, -0.1) is 0 Å². The molecule has 3 nitrogen and oxygen atoms in total. The van der Waals surface area contributed by atoms with Crippen LogP contribution in [0.2, 0.25) is 5.02 Å². The summed E-state index contributed by atoms with van der Waals surface area (Å²) >= 11 is 6.00. The van der Waals surface area contributed by atoms with Gasteiger partial charge in [0.25, 0.3) is 0 Å². The second-order valence-electron chi connectivity index (χ2n) is 4.56. The molecule has 94 valence electrons. The number of hydrogen-bond acceptors (Lipinski definition) is 3. The first kappa shape index (κ1) is 13.0. The lowest BCUT2D eigenvalue weighted by atomic mass is 9.79. The van der Waals surface area contributed by atoms with Gasteiger partial charge in [0.15, 0.2) is 0 Å². The lowest BCUT2D eigenvalue weighted by Crippen LogP contribution is -2.33. The molecule has 0 aliphatic rings. The Labute approximate surface area is 111 Å². The van der Waals surface area contributed by atoms with Gasteiger partial charge in [0.05, 0.1) is 0 Å². The van der Waals surface area contributed by atoms with Crippen molar-refractivity contribution < 1.29 is 5.11 Å². The SMILES string of the molecule is CC(C)C(O)(c1cncnc1)c1cccc(Cl)c1. The molecule has 2 rings (SSSR count). The Morgan fingerprint density at radius 2 is 1.83 bits per heavy atom. The summed E-state index contributed by atoms with van der Waals surface area (Å²) in [5.41, 5.74) is 0.286. The van der Waals surface area contributed by atoms with Crippen molar-refractivity contribution in [1.82, 2.24) is 9.97 Å². The third-order valence-corrected chi connectivity index (χ3v) is 3.34. The van der Waals surface area contributed by atoms with Crippen molar-refractivity contribution in [1.29, 1.82) is 0 Å². The third kappa shape index (κ3) is 2.24. The van der Waals surface area contributed by atoms with Gasteiger partial charge < -0.3 is 5.11 Å². The maximum absolute atomic E-state index is 11.0. The lowest BCUT2D eigenvalue weighted by Gasteiger charge is -2.32. The summed E-state index contributed by atoms with van der Waals surface area (Å²) in [7, 11) is 0. The minimum absolute atomic E-state index is 0.0260. The molecule has 1 unspecified atom stereocenters. The van der Waals surface area contributed by atoms with Crippen LogP contribution in [0.25, 0.3) is 0 Å². The minimum Gasteiger partial charge on any atom is -0.380 e. The van der Waals surface area contributed by atoms with E-state index in [4.69, 9.17) is 11.6 Å². The maximum Gasteiger partial charge on any atom is 0.120 e. The van der Waals surface area contributed by atoms with E-state index in [1.165, 1.54) is 6.33 Å². The Morgan fingerprint density at radius 3 is 2.39 bits per heavy atom. The van der Waals surface area contributed by atoms with Crippen LogP contribution in [0.5, 0.6) is 0 Å². The Balaban J connectivity index is 2.58. The summed E-state index contributed by atoms with van der Waals surface area (Å²) in [6, 6.07) is 7.25. The van der Waals surface area contributed by atoms with E-state index in [1.807, 2.05) is 26.0 Å². The topological polar surface area (TPSA) is 46.0 Å². The standard InChI is InChI=1S/C14H15ClN2O/c1-10(2)14(18,12-7-16-9-17-8-12)11-4-3-5-13(15)6-11/h3-10,18H,1-2H3. The molecule has 1 aromatic carbocycles. The van der Waals surface area contributed by atoms with Crippen LogP contribution in [0.15, 0.2) is 43.0 Å². The fourth-order valence-electron chi connectivity index (χ4n) is 2.05. The summed E-state index contributed by atoms with van der Waals surface area (Å²) in [6.07, 6.45) is 4.71. The van der Waals surface area contributed by atoms with Crippen molar-refractivity contribution in [3.05, 3.63) is 59.1 Å². The van der Waals surface area contributed by atoms with Crippen molar-refractivity contribution in [3.63, 3.8) is 0 Å². The highest BCUT2D eigenvalue weighted by molar-refractivity contribution is 6.30. The summed E-state index contributed by atoms with van der Waals surface area (Å²) < 4.78 is 0. The van der Waals surface area contributed by atoms with Crippen molar-refractivity contribution in [3.8, 4) is 0 Å². The Kier molecular flexibility index (Phi) is 3.64. The fourth-order valence-corrected chi connectivity index (χ4v) is 2.25. The zero-order valence-corrected chi connectivity index (χ0v) is 11.1. The van der Waals surface area contributed by atoms with E-state index >= 15 is 0 Å². The molecule has 0 aliphatic carbocycles. The number of aliphatic hydroxyl groups is 1. The molecule has 2 aromatic rings. The molecule has 0 saturated heterocycles. The van der Waals surface area contributed by atoms with E-state index in [-0.39, 0.29) is 5.92 Å². The molecule has 1 aromatic heterocycles. The zero-order valence-electron chi connectivity index (χ0n) is 10.3. The number of hydrogen-bond donors (Lipinski definition) is 1. The van der Waals surface area contributed by atoms with E-state index in [0.717, 1.165) is 5.56 Å². The molecule has 0 saturated carbocycles. The second-order valence-corrected chi connectivity index (χ2v) is 5.00. The van der Waals surface area contributed by atoms with E-state index in [2.05, 4.69) is 9.97 Å². The molecule has 1 heterocycles. The van der Waals surface area contributed by atoms with Crippen molar-refractivity contribution >= 4 is 11.6 Å². The quantitative estimate of drug-likeness (QED) is 0.925. The van der Waals surface area contributed by atoms with E-state index in [0.29, 0.717) is 10.6 Å². The number of aromatic nitrogens is 2. The largest absolute Gasteiger partial charge is 0.380 e. The van der Waals surface area contributed by atoms with Crippen LogP contribution in [-0.2, 0) is 5.60 Å². The van der Waals surface area contributed by atoms with Crippen molar-refractivity contribution in [2.24, 2.45) is 5.92 Å². The molecule has 4 heteroatoms. The van der Waals surface area contributed by atoms with Crippen LogP contribution in [0.4, 0.5) is 0 Å². The molecule has 0 aliphatic heterocycles. The summed E-state index contributed by atoms with van der Waals surface area (Å²) in [5.74, 6) is -0.0260. The molecule has 18 heavy (non-hydrogen) atoms. The van der Waals surface area contributed by atoms with Gasteiger partial charge in [-0.05, 0) is 23.6 Å². The molecule has 0 bridgehead atoms. The first-order valence-corrected chi connectivity index (χ1v) is 6.17. The highest BCUT2D eigenvalue weighted by atomic mass is 35.5. The number of rotatable bonds is 3. The number of nitrogens with zero attached hydrogens (tertiary/aromatic N) is 2. The van der Waals surface area contributed by atoms with Crippen molar-refractivity contribution in [2.75, 3.05) is 0 Å². The summed E-state index contributed by atoms with van der Waals surface area (Å²) in [5, 5.41) is 11.6. The van der Waals surface area contributed by atoms with E-state index in [1.54, 1.807) is 24.5 Å². The van der Waals surface area contributed by atoms with Crippen LogP contribution in [0.1, 0.15) is 25.0 Å². The van der Waals surface area contributed by atoms with Gasteiger partial charge in [-0.25, -0.2) is 9.97 Å². The predicted molar refractivity (Wildman–Crippen MR) is 71.3 cm³/mol. The van der Waals surface area contributed by atoms with Gasteiger partial charge in [-0.3, -0.25) is 0 Å². The van der Waals surface area contributed by atoms with Crippen molar-refractivity contribution in [2.45, 2.75) is 19.4 Å². The second kappa shape index (κ2) is 5.04. The first-order valence-electron chi connectivity index (χ1n) is 5.79. The maximum atomic E-state index is 11.0. The molecular formula is C14H15ClN2O. The van der Waals surface area contributed by atoms with Crippen LogP contribution in [0.3, 0.4) is 0 Å². The highest BCUT2D eigenvalue weighted by Crippen LogP contribution is 2.36. The Hall–Kier alpha value is -1.45. The average Bonchev–Trinajstić information content (AvgIpc) is 2.38. The molecule has 0 radical (unpaired) electrons. The van der Waals surface area contributed by atoms with Crippen LogP contribution >= 0.6 is 11.6 Å². The van der Waals surface area contributed by atoms with Crippen LogP contribution < -0.4 is 0 Å².